The summed E-state index contributed by atoms with van der Waals surface area (Å²) in [7, 11) is 2.04. The SMILES string of the molecule is CN1CCC(C2(CN)CC2(F)F)CC1. The van der Waals surface area contributed by atoms with Crippen LogP contribution in [-0.4, -0.2) is 37.5 Å². The zero-order chi connectivity index (χ0) is 10.4. The van der Waals surface area contributed by atoms with Gasteiger partial charge < -0.3 is 10.6 Å². The lowest BCUT2D eigenvalue weighted by molar-refractivity contribution is 0.0249. The van der Waals surface area contributed by atoms with Gasteiger partial charge in [0.05, 0.1) is 5.41 Å². The van der Waals surface area contributed by atoms with Crippen LogP contribution in [0.5, 0.6) is 0 Å². The Morgan fingerprint density at radius 1 is 1.36 bits per heavy atom. The Morgan fingerprint density at radius 3 is 2.21 bits per heavy atom. The monoisotopic (exact) mass is 204 g/mol. The number of halogens is 2. The maximum atomic E-state index is 13.2. The second-order valence-corrected chi connectivity index (χ2v) is 4.82. The molecule has 14 heavy (non-hydrogen) atoms. The third-order valence-corrected chi connectivity index (χ3v) is 4.01. The molecule has 0 spiro atoms. The van der Waals surface area contributed by atoms with Crippen molar-refractivity contribution in [1.29, 1.82) is 0 Å². The second kappa shape index (κ2) is 3.14. The predicted molar refractivity (Wildman–Crippen MR) is 51.3 cm³/mol. The van der Waals surface area contributed by atoms with Crippen molar-refractivity contribution in [3.63, 3.8) is 0 Å². The molecule has 2 fully saturated rings. The summed E-state index contributed by atoms with van der Waals surface area (Å²) in [4.78, 5) is 2.20. The summed E-state index contributed by atoms with van der Waals surface area (Å²) in [6.45, 7) is 2.01. The Bertz CT molecular complexity index is 224. The van der Waals surface area contributed by atoms with Crippen molar-refractivity contribution in [1.82, 2.24) is 4.90 Å². The van der Waals surface area contributed by atoms with Gasteiger partial charge in [0.15, 0.2) is 0 Å². The van der Waals surface area contributed by atoms with Crippen molar-refractivity contribution in [2.24, 2.45) is 17.1 Å². The van der Waals surface area contributed by atoms with Gasteiger partial charge >= 0.3 is 0 Å². The molecule has 2 nitrogen and oxygen atoms in total. The summed E-state index contributed by atoms with van der Waals surface area (Å²) in [5.74, 6) is -2.35. The van der Waals surface area contributed by atoms with Crippen LogP contribution in [0.3, 0.4) is 0 Å². The summed E-state index contributed by atoms with van der Waals surface area (Å²) in [5, 5.41) is 0. The molecule has 1 unspecified atom stereocenters. The molecular formula is C10H18F2N2. The van der Waals surface area contributed by atoms with Crippen LogP contribution in [0.4, 0.5) is 8.78 Å². The molecule has 2 N–H and O–H groups in total. The van der Waals surface area contributed by atoms with Crippen LogP contribution in [0.2, 0.25) is 0 Å². The van der Waals surface area contributed by atoms with E-state index in [1.54, 1.807) is 0 Å². The minimum absolute atomic E-state index is 0.0187. The Balaban J connectivity index is 2.01. The van der Waals surface area contributed by atoms with Crippen molar-refractivity contribution in [2.45, 2.75) is 25.2 Å². The highest BCUT2D eigenvalue weighted by Gasteiger charge is 2.72. The van der Waals surface area contributed by atoms with Crippen molar-refractivity contribution >= 4 is 0 Å². The van der Waals surface area contributed by atoms with E-state index in [4.69, 9.17) is 5.73 Å². The molecule has 1 heterocycles. The molecule has 1 aliphatic heterocycles. The number of hydrogen-bond donors (Lipinski definition) is 1. The van der Waals surface area contributed by atoms with Gasteiger partial charge in [-0.05, 0) is 38.9 Å². The Labute approximate surface area is 83.4 Å². The highest BCUT2D eigenvalue weighted by molar-refractivity contribution is 5.14. The average Bonchev–Trinajstić information content (AvgIpc) is 2.71. The molecule has 0 radical (unpaired) electrons. The molecule has 82 valence electrons. The molecule has 0 aromatic heterocycles. The van der Waals surface area contributed by atoms with Gasteiger partial charge in [-0.25, -0.2) is 8.78 Å². The molecule has 0 aromatic rings. The second-order valence-electron chi connectivity index (χ2n) is 4.82. The fourth-order valence-corrected chi connectivity index (χ4v) is 2.74. The lowest BCUT2D eigenvalue weighted by Gasteiger charge is -2.34. The summed E-state index contributed by atoms with van der Waals surface area (Å²) < 4.78 is 26.5. The summed E-state index contributed by atoms with van der Waals surface area (Å²) >= 11 is 0. The highest BCUT2D eigenvalue weighted by Crippen LogP contribution is 2.65. The lowest BCUT2D eigenvalue weighted by atomic mass is 9.81. The smallest absolute Gasteiger partial charge is 0.256 e. The number of alkyl halides is 2. The molecule has 1 atom stereocenters. The number of rotatable bonds is 2. The standard InChI is InChI=1S/C10H18F2N2/c1-14-4-2-8(3-5-14)9(7-13)6-10(9,11)12/h8H,2-7,13H2,1H3. The van der Waals surface area contributed by atoms with E-state index in [9.17, 15) is 8.78 Å². The van der Waals surface area contributed by atoms with E-state index in [0.717, 1.165) is 25.9 Å². The van der Waals surface area contributed by atoms with Crippen LogP contribution in [-0.2, 0) is 0 Å². The van der Waals surface area contributed by atoms with E-state index in [1.165, 1.54) is 0 Å². The van der Waals surface area contributed by atoms with Crippen molar-refractivity contribution in [3.8, 4) is 0 Å². The highest BCUT2D eigenvalue weighted by atomic mass is 19.3. The van der Waals surface area contributed by atoms with E-state index < -0.39 is 11.3 Å². The summed E-state index contributed by atoms with van der Waals surface area (Å²) in [6, 6.07) is 0. The molecule has 0 bridgehead atoms. The van der Waals surface area contributed by atoms with Gasteiger partial charge in [0.2, 0.25) is 0 Å². The van der Waals surface area contributed by atoms with Gasteiger partial charge in [-0.2, -0.15) is 0 Å². The van der Waals surface area contributed by atoms with E-state index in [-0.39, 0.29) is 18.9 Å². The van der Waals surface area contributed by atoms with Gasteiger partial charge in [0.1, 0.15) is 0 Å². The van der Waals surface area contributed by atoms with Crippen LogP contribution in [0.1, 0.15) is 19.3 Å². The van der Waals surface area contributed by atoms with E-state index in [0.29, 0.717) is 0 Å². The Kier molecular flexibility index (Phi) is 2.31. The summed E-state index contributed by atoms with van der Waals surface area (Å²) in [5.41, 5.74) is 4.68. The molecule has 2 aliphatic rings. The maximum Gasteiger partial charge on any atom is 0.256 e. The summed E-state index contributed by atoms with van der Waals surface area (Å²) in [6.07, 6.45) is 1.78. The van der Waals surface area contributed by atoms with Crippen LogP contribution in [0, 0.1) is 11.3 Å². The molecule has 1 saturated carbocycles. The molecule has 4 heteroatoms. The average molecular weight is 204 g/mol. The number of hydrogen-bond acceptors (Lipinski definition) is 2. The third-order valence-electron chi connectivity index (χ3n) is 4.01. The van der Waals surface area contributed by atoms with Crippen LogP contribution in [0.15, 0.2) is 0 Å². The zero-order valence-corrected chi connectivity index (χ0v) is 8.60. The Hall–Kier alpha value is -0.220. The number of likely N-dealkylation sites (tertiary alicyclic amines) is 1. The molecule has 1 saturated heterocycles. The molecule has 0 amide bonds. The molecule has 0 aromatic carbocycles. The molecular weight excluding hydrogens is 186 g/mol. The van der Waals surface area contributed by atoms with E-state index in [2.05, 4.69) is 4.90 Å². The normalized spacial score (nSPS) is 38.6. The van der Waals surface area contributed by atoms with Crippen molar-refractivity contribution < 1.29 is 8.78 Å². The lowest BCUT2D eigenvalue weighted by Crippen LogP contribution is -2.39. The maximum absolute atomic E-state index is 13.2. The quantitative estimate of drug-likeness (QED) is 0.735. The van der Waals surface area contributed by atoms with Crippen LogP contribution < -0.4 is 5.73 Å². The van der Waals surface area contributed by atoms with Gasteiger partial charge in [0, 0.05) is 13.0 Å². The first kappa shape index (κ1) is 10.3. The number of nitrogens with zero attached hydrogens (tertiary/aromatic N) is 1. The van der Waals surface area contributed by atoms with Gasteiger partial charge in [0.25, 0.3) is 5.92 Å². The molecule has 1 aliphatic carbocycles. The fourth-order valence-electron chi connectivity index (χ4n) is 2.74. The van der Waals surface area contributed by atoms with Crippen LogP contribution >= 0.6 is 0 Å². The van der Waals surface area contributed by atoms with Crippen LogP contribution in [0.25, 0.3) is 0 Å². The first-order valence-electron chi connectivity index (χ1n) is 5.28. The minimum atomic E-state index is -2.48. The van der Waals surface area contributed by atoms with Gasteiger partial charge in [-0.1, -0.05) is 0 Å². The van der Waals surface area contributed by atoms with E-state index >= 15 is 0 Å². The number of nitrogens with two attached hydrogens (primary N) is 1. The Morgan fingerprint density at radius 2 is 1.86 bits per heavy atom. The fraction of sp³-hybridized carbons (Fsp3) is 1.00. The topological polar surface area (TPSA) is 29.3 Å². The predicted octanol–water partition coefficient (Wildman–Crippen LogP) is 1.31. The van der Waals surface area contributed by atoms with Gasteiger partial charge in [-0.15, -0.1) is 0 Å². The van der Waals surface area contributed by atoms with Crippen molar-refractivity contribution in [2.75, 3.05) is 26.7 Å². The van der Waals surface area contributed by atoms with E-state index in [1.807, 2.05) is 7.05 Å². The molecule has 2 rings (SSSR count). The zero-order valence-electron chi connectivity index (χ0n) is 8.60. The first-order valence-corrected chi connectivity index (χ1v) is 5.28. The number of piperidine rings is 1. The minimum Gasteiger partial charge on any atom is -0.330 e. The third kappa shape index (κ3) is 1.36. The first-order chi connectivity index (χ1) is 6.52. The largest absolute Gasteiger partial charge is 0.330 e. The van der Waals surface area contributed by atoms with Crippen molar-refractivity contribution in [3.05, 3.63) is 0 Å². The van der Waals surface area contributed by atoms with Gasteiger partial charge in [-0.3, -0.25) is 0 Å².